The van der Waals surface area contributed by atoms with E-state index in [9.17, 15) is 13.2 Å². The predicted octanol–water partition coefficient (Wildman–Crippen LogP) is 1.91. The lowest BCUT2D eigenvalue weighted by Gasteiger charge is -2.26. The summed E-state index contributed by atoms with van der Waals surface area (Å²) >= 11 is 0. The highest BCUT2D eigenvalue weighted by atomic mass is 32.2. The van der Waals surface area contributed by atoms with Crippen molar-refractivity contribution in [2.45, 2.75) is 11.3 Å². The Morgan fingerprint density at radius 1 is 0.962 bits per heavy atom. The first-order chi connectivity index (χ1) is 12.6. The Bertz CT molecular complexity index is 922. The molecule has 0 saturated carbocycles. The standard InChI is InChI=1S/C19H20N2O4S/c22-19(15-4-2-1-3-5-15)21-9-8-16-14-17(6-7-18(16)21)26(23,24)20-10-12-25-13-11-20/h1-7,14H,8-13H2. The summed E-state index contributed by atoms with van der Waals surface area (Å²) in [6.07, 6.45) is 0.653. The van der Waals surface area contributed by atoms with Gasteiger partial charge in [0.25, 0.3) is 5.91 Å². The van der Waals surface area contributed by atoms with E-state index in [1.807, 2.05) is 18.2 Å². The fourth-order valence-electron chi connectivity index (χ4n) is 3.42. The van der Waals surface area contributed by atoms with Crippen molar-refractivity contribution in [2.24, 2.45) is 0 Å². The Labute approximate surface area is 153 Å². The van der Waals surface area contributed by atoms with Crippen LogP contribution in [0.4, 0.5) is 5.69 Å². The Balaban J connectivity index is 1.62. The molecule has 2 aliphatic rings. The quantitative estimate of drug-likeness (QED) is 0.826. The van der Waals surface area contributed by atoms with Gasteiger partial charge in [0.15, 0.2) is 0 Å². The van der Waals surface area contributed by atoms with E-state index in [1.165, 1.54) is 4.31 Å². The fraction of sp³-hybridized carbons (Fsp3) is 0.316. The molecule has 2 aliphatic heterocycles. The van der Waals surface area contributed by atoms with Crippen LogP contribution in [0.3, 0.4) is 0 Å². The Kier molecular flexibility index (Phi) is 4.52. The summed E-state index contributed by atoms with van der Waals surface area (Å²) in [5.41, 5.74) is 2.31. The number of sulfonamides is 1. The van der Waals surface area contributed by atoms with Crippen LogP contribution >= 0.6 is 0 Å². The van der Waals surface area contributed by atoms with E-state index in [4.69, 9.17) is 4.74 Å². The van der Waals surface area contributed by atoms with Crippen LogP contribution in [0.1, 0.15) is 15.9 Å². The second-order valence-corrected chi connectivity index (χ2v) is 8.32. The summed E-state index contributed by atoms with van der Waals surface area (Å²) < 4.78 is 32.3. The van der Waals surface area contributed by atoms with Gasteiger partial charge in [0.05, 0.1) is 18.1 Å². The molecule has 7 heteroatoms. The summed E-state index contributed by atoms with van der Waals surface area (Å²) in [7, 11) is -3.52. The molecule has 6 nitrogen and oxygen atoms in total. The molecule has 0 aromatic heterocycles. The molecule has 0 radical (unpaired) electrons. The molecule has 0 N–H and O–H groups in total. The highest BCUT2D eigenvalue weighted by Gasteiger charge is 2.30. The van der Waals surface area contributed by atoms with Gasteiger partial charge in [-0.2, -0.15) is 4.31 Å². The summed E-state index contributed by atoms with van der Waals surface area (Å²) in [5, 5.41) is 0. The smallest absolute Gasteiger partial charge is 0.258 e. The molecule has 2 aromatic rings. The van der Waals surface area contributed by atoms with E-state index in [0.29, 0.717) is 44.8 Å². The average Bonchev–Trinajstić information content (AvgIpc) is 3.12. The lowest BCUT2D eigenvalue weighted by molar-refractivity contribution is 0.0730. The van der Waals surface area contributed by atoms with Gasteiger partial charge in [0.1, 0.15) is 0 Å². The average molecular weight is 372 g/mol. The Morgan fingerprint density at radius 3 is 2.42 bits per heavy atom. The molecule has 0 atom stereocenters. The molecule has 4 rings (SSSR count). The lowest BCUT2D eigenvalue weighted by atomic mass is 10.1. The molecule has 1 saturated heterocycles. The number of benzene rings is 2. The number of anilines is 1. The summed E-state index contributed by atoms with van der Waals surface area (Å²) in [6.45, 7) is 2.15. The summed E-state index contributed by atoms with van der Waals surface area (Å²) in [5.74, 6) is -0.0619. The molecule has 1 fully saturated rings. The van der Waals surface area contributed by atoms with Crippen molar-refractivity contribution in [3.63, 3.8) is 0 Å². The summed E-state index contributed by atoms with van der Waals surface area (Å²) in [4.78, 5) is 14.7. The molecule has 0 spiro atoms. The minimum atomic E-state index is -3.52. The zero-order valence-corrected chi connectivity index (χ0v) is 15.1. The molecule has 0 bridgehead atoms. The van der Waals surface area contributed by atoms with Gasteiger partial charge in [0, 0.05) is 30.9 Å². The van der Waals surface area contributed by atoms with Gasteiger partial charge >= 0.3 is 0 Å². The third-order valence-electron chi connectivity index (χ3n) is 4.82. The molecular formula is C19H20N2O4S. The minimum Gasteiger partial charge on any atom is -0.379 e. The fourth-order valence-corrected chi connectivity index (χ4v) is 4.88. The second-order valence-electron chi connectivity index (χ2n) is 6.38. The van der Waals surface area contributed by atoms with Crippen molar-refractivity contribution < 1.29 is 17.9 Å². The molecule has 26 heavy (non-hydrogen) atoms. The van der Waals surface area contributed by atoms with Gasteiger partial charge in [-0.05, 0) is 42.3 Å². The monoisotopic (exact) mass is 372 g/mol. The van der Waals surface area contributed by atoms with Crippen molar-refractivity contribution >= 4 is 21.6 Å². The van der Waals surface area contributed by atoms with Crippen LogP contribution in [0.2, 0.25) is 0 Å². The maximum Gasteiger partial charge on any atom is 0.258 e. The van der Waals surface area contributed by atoms with Crippen molar-refractivity contribution in [2.75, 3.05) is 37.7 Å². The lowest BCUT2D eigenvalue weighted by Crippen LogP contribution is -2.40. The number of hydrogen-bond acceptors (Lipinski definition) is 4. The van der Waals surface area contributed by atoms with Crippen LogP contribution in [-0.2, 0) is 21.2 Å². The largest absolute Gasteiger partial charge is 0.379 e. The van der Waals surface area contributed by atoms with Gasteiger partial charge in [-0.25, -0.2) is 8.42 Å². The topological polar surface area (TPSA) is 66.9 Å². The molecule has 2 heterocycles. The third-order valence-corrected chi connectivity index (χ3v) is 6.71. The number of fused-ring (bicyclic) bond motifs is 1. The van der Waals surface area contributed by atoms with Gasteiger partial charge < -0.3 is 9.64 Å². The van der Waals surface area contributed by atoms with E-state index in [1.54, 1.807) is 35.2 Å². The van der Waals surface area contributed by atoms with Crippen LogP contribution in [0.15, 0.2) is 53.4 Å². The first-order valence-electron chi connectivity index (χ1n) is 8.65. The number of carbonyl (C=O) groups excluding carboxylic acids is 1. The van der Waals surface area contributed by atoms with E-state index in [2.05, 4.69) is 0 Å². The van der Waals surface area contributed by atoms with Crippen molar-refractivity contribution in [1.82, 2.24) is 4.31 Å². The Hall–Kier alpha value is -2.22. The highest BCUT2D eigenvalue weighted by molar-refractivity contribution is 7.89. The van der Waals surface area contributed by atoms with Crippen molar-refractivity contribution in [3.8, 4) is 0 Å². The number of nitrogens with zero attached hydrogens (tertiary/aromatic N) is 2. The first-order valence-corrected chi connectivity index (χ1v) is 10.1. The molecular weight excluding hydrogens is 352 g/mol. The number of amides is 1. The third kappa shape index (κ3) is 3.02. The van der Waals surface area contributed by atoms with Gasteiger partial charge in [0.2, 0.25) is 10.0 Å². The van der Waals surface area contributed by atoms with Gasteiger partial charge in [-0.3, -0.25) is 4.79 Å². The van der Waals surface area contributed by atoms with E-state index < -0.39 is 10.0 Å². The predicted molar refractivity (Wildman–Crippen MR) is 97.8 cm³/mol. The molecule has 0 aliphatic carbocycles. The van der Waals surface area contributed by atoms with Gasteiger partial charge in [-0.15, -0.1) is 0 Å². The number of hydrogen-bond donors (Lipinski definition) is 0. The zero-order valence-electron chi connectivity index (χ0n) is 14.3. The van der Waals surface area contributed by atoms with E-state index >= 15 is 0 Å². The van der Waals surface area contributed by atoms with E-state index in [0.717, 1.165) is 11.3 Å². The summed E-state index contributed by atoms with van der Waals surface area (Å²) in [6, 6.07) is 14.2. The van der Waals surface area contributed by atoms with Crippen molar-refractivity contribution in [1.29, 1.82) is 0 Å². The minimum absolute atomic E-state index is 0.0619. The molecule has 2 aromatic carbocycles. The SMILES string of the molecule is O=C(c1ccccc1)N1CCc2cc(S(=O)(=O)N3CCOCC3)ccc21. The molecule has 1 amide bonds. The molecule has 0 unspecified atom stereocenters. The maximum absolute atomic E-state index is 12.8. The highest BCUT2D eigenvalue weighted by Crippen LogP contribution is 2.32. The number of carbonyl (C=O) groups is 1. The van der Waals surface area contributed by atoms with Crippen LogP contribution in [0.5, 0.6) is 0 Å². The second kappa shape index (κ2) is 6.83. The molecule has 136 valence electrons. The van der Waals surface area contributed by atoms with E-state index in [-0.39, 0.29) is 10.8 Å². The Morgan fingerprint density at radius 2 is 1.69 bits per heavy atom. The maximum atomic E-state index is 12.8. The van der Waals surface area contributed by atoms with Crippen LogP contribution in [-0.4, -0.2) is 51.5 Å². The van der Waals surface area contributed by atoms with Gasteiger partial charge in [-0.1, -0.05) is 18.2 Å². The van der Waals surface area contributed by atoms with Crippen LogP contribution < -0.4 is 4.90 Å². The zero-order chi connectivity index (χ0) is 18.1. The normalized spacial score (nSPS) is 17.9. The van der Waals surface area contributed by atoms with Crippen molar-refractivity contribution in [3.05, 3.63) is 59.7 Å². The van der Waals surface area contributed by atoms with Crippen LogP contribution in [0.25, 0.3) is 0 Å². The number of ether oxygens (including phenoxy) is 1. The van der Waals surface area contributed by atoms with Crippen LogP contribution in [0, 0.1) is 0 Å². The number of morpholine rings is 1. The first kappa shape index (κ1) is 17.2. The number of rotatable bonds is 3.